The van der Waals surface area contributed by atoms with Crippen molar-refractivity contribution < 1.29 is 29.3 Å². The van der Waals surface area contributed by atoms with Crippen LogP contribution in [0.2, 0.25) is 5.02 Å². The minimum atomic E-state index is -1.19. The number of methoxy groups -OCH3 is 1. The standard InChI is InChI=1S/C28H25ClN2O6/c1-36-16-20(12-17-4-8-21(32)9-5-17)30-27(33)26-14-24(28(34)35)23-13-22(10-11-25(23)31-26)37-15-18-2-6-19(29)7-3-18/h2-11,13-14,20,32H,12,15-16H2,1H3,(H,30,33)(H,34,35)/t20-/m0/s1. The van der Waals surface area contributed by atoms with Gasteiger partial charge in [-0.25, -0.2) is 9.78 Å². The quantitative estimate of drug-likeness (QED) is 0.273. The Morgan fingerprint density at radius 1 is 1.00 bits per heavy atom. The molecule has 1 aromatic heterocycles. The second-order valence-corrected chi connectivity index (χ2v) is 8.89. The number of carbonyl (C=O) groups is 2. The summed E-state index contributed by atoms with van der Waals surface area (Å²) < 4.78 is 11.1. The number of carboxylic acid groups (broad SMARTS) is 1. The van der Waals surface area contributed by atoms with Crippen molar-refractivity contribution in [2.45, 2.75) is 19.1 Å². The van der Waals surface area contributed by atoms with Crippen molar-refractivity contribution in [3.8, 4) is 11.5 Å². The first-order chi connectivity index (χ1) is 17.8. The molecular weight excluding hydrogens is 496 g/mol. The molecule has 1 heterocycles. The van der Waals surface area contributed by atoms with Gasteiger partial charge in [0.15, 0.2) is 0 Å². The maximum absolute atomic E-state index is 13.0. The van der Waals surface area contributed by atoms with Crippen LogP contribution in [-0.4, -0.2) is 46.8 Å². The first-order valence-electron chi connectivity index (χ1n) is 11.5. The monoisotopic (exact) mass is 520 g/mol. The van der Waals surface area contributed by atoms with E-state index in [4.69, 9.17) is 21.1 Å². The summed E-state index contributed by atoms with van der Waals surface area (Å²) in [7, 11) is 1.53. The summed E-state index contributed by atoms with van der Waals surface area (Å²) in [5.41, 5.74) is 2.07. The maximum atomic E-state index is 13.0. The SMILES string of the molecule is COC[C@H](Cc1ccc(O)cc1)NC(=O)c1cc(C(=O)O)c2cc(OCc3ccc(Cl)cc3)ccc2n1. The van der Waals surface area contributed by atoms with Crippen LogP contribution in [0.15, 0.2) is 72.8 Å². The van der Waals surface area contributed by atoms with Crippen LogP contribution < -0.4 is 10.1 Å². The van der Waals surface area contributed by atoms with Crippen molar-refractivity contribution in [2.75, 3.05) is 13.7 Å². The van der Waals surface area contributed by atoms with E-state index >= 15 is 0 Å². The van der Waals surface area contributed by atoms with Crippen molar-refractivity contribution in [1.82, 2.24) is 10.3 Å². The lowest BCUT2D eigenvalue weighted by Gasteiger charge is -2.18. The van der Waals surface area contributed by atoms with E-state index in [9.17, 15) is 19.8 Å². The molecule has 3 N–H and O–H groups in total. The third-order valence-electron chi connectivity index (χ3n) is 5.68. The Morgan fingerprint density at radius 3 is 2.38 bits per heavy atom. The fourth-order valence-electron chi connectivity index (χ4n) is 3.86. The number of ether oxygens (including phenoxy) is 2. The summed E-state index contributed by atoms with van der Waals surface area (Å²) in [6, 6.07) is 19.6. The van der Waals surface area contributed by atoms with Crippen LogP contribution >= 0.6 is 11.6 Å². The van der Waals surface area contributed by atoms with Gasteiger partial charge in [-0.15, -0.1) is 0 Å². The highest BCUT2D eigenvalue weighted by Crippen LogP contribution is 2.25. The number of fused-ring (bicyclic) bond motifs is 1. The molecule has 0 aliphatic rings. The summed E-state index contributed by atoms with van der Waals surface area (Å²) in [4.78, 5) is 29.5. The van der Waals surface area contributed by atoms with E-state index in [0.717, 1.165) is 11.1 Å². The topological polar surface area (TPSA) is 118 Å². The van der Waals surface area contributed by atoms with E-state index in [-0.39, 0.29) is 30.2 Å². The highest BCUT2D eigenvalue weighted by atomic mass is 35.5. The molecule has 4 aromatic rings. The number of phenols is 1. The lowest BCUT2D eigenvalue weighted by atomic mass is 10.0. The third kappa shape index (κ3) is 6.75. The molecule has 0 radical (unpaired) electrons. The number of carbonyl (C=O) groups excluding carboxylic acids is 1. The summed E-state index contributed by atoms with van der Waals surface area (Å²) in [5, 5.41) is 23.2. The number of halogens is 1. The van der Waals surface area contributed by atoms with E-state index in [1.54, 1.807) is 54.6 Å². The first-order valence-corrected chi connectivity index (χ1v) is 11.8. The van der Waals surface area contributed by atoms with Crippen LogP contribution in [0.5, 0.6) is 11.5 Å². The van der Waals surface area contributed by atoms with Crippen molar-refractivity contribution in [3.05, 3.63) is 100 Å². The minimum Gasteiger partial charge on any atom is -0.508 e. The summed E-state index contributed by atoms with van der Waals surface area (Å²) in [5.74, 6) is -1.09. The Labute approximate surface area is 218 Å². The van der Waals surface area contributed by atoms with Gasteiger partial charge < -0.3 is 25.0 Å². The Bertz CT molecular complexity index is 1410. The lowest BCUT2D eigenvalue weighted by molar-refractivity contribution is 0.0699. The summed E-state index contributed by atoms with van der Waals surface area (Å²) in [6.45, 7) is 0.515. The number of nitrogens with one attached hydrogen (secondary N) is 1. The number of carboxylic acids is 1. The van der Waals surface area contributed by atoms with Crippen LogP contribution in [0.4, 0.5) is 0 Å². The molecule has 37 heavy (non-hydrogen) atoms. The Balaban J connectivity index is 1.54. The van der Waals surface area contributed by atoms with Gasteiger partial charge >= 0.3 is 5.97 Å². The molecule has 190 valence electrons. The first kappa shape index (κ1) is 25.9. The van der Waals surface area contributed by atoms with Gasteiger partial charge in [-0.3, -0.25) is 4.79 Å². The molecule has 0 spiro atoms. The van der Waals surface area contributed by atoms with Crippen LogP contribution in [0.25, 0.3) is 10.9 Å². The molecule has 0 aliphatic heterocycles. The number of aromatic hydroxyl groups is 1. The van der Waals surface area contributed by atoms with Crippen LogP contribution in [-0.2, 0) is 17.8 Å². The number of nitrogens with zero attached hydrogens (tertiary/aromatic N) is 1. The molecule has 1 atom stereocenters. The number of rotatable bonds is 10. The Hall–Kier alpha value is -4.14. The van der Waals surface area contributed by atoms with Gasteiger partial charge in [-0.2, -0.15) is 0 Å². The Morgan fingerprint density at radius 2 is 1.70 bits per heavy atom. The normalized spacial score (nSPS) is 11.7. The fraction of sp³-hybridized carbons (Fsp3) is 0.179. The van der Waals surface area contributed by atoms with Gasteiger partial charge in [0.2, 0.25) is 0 Å². The average molecular weight is 521 g/mol. The summed E-state index contributed by atoms with van der Waals surface area (Å²) in [6.07, 6.45) is 0.452. The maximum Gasteiger partial charge on any atom is 0.336 e. The van der Waals surface area contributed by atoms with Crippen molar-refractivity contribution >= 4 is 34.4 Å². The lowest BCUT2D eigenvalue weighted by Crippen LogP contribution is -2.40. The molecule has 1 amide bonds. The van der Waals surface area contributed by atoms with Gasteiger partial charge in [0, 0.05) is 17.5 Å². The van der Waals surface area contributed by atoms with Crippen molar-refractivity contribution in [3.63, 3.8) is 0 Å². The zero-order valence-corrected chi connectivity index (χ0v) is 20.7. The van der Waals surface area contributed by atoms with Gasteiger partial charge in [0.05, 0.1) is 23.7 Å². The molecule has 0 bridgehead atoms. The third-order valence-corrected chi connectivity index (χ3v) is 5.94. The van der Waals surface area contributed by atoms with Crippen molar-refractivity contribution in [1.29, 1.82) is 0 Å². The Kier molecular flexibility index (Phi) is 8.22. The molecule has 8 nitrogen and oxygen atoms in total. The number of aromatic carboxylic acids is 1. The second-order valence-electron chi connectivity index (χ2n) is 8.45. The highest BCUT2D eigenvalue weighted by Gasteiger charge is 2.20. The molecule has 0 aliphatic carbocycles. The van der Waals surface area contributed by atoms with Crippen molar-refractivity contribution in [2.24, 2.45) is 0 Å². The molecule has 0 unspecified atom stereocenters. The molecule has 0 saturated carbocycles. The van der Waals surface area contributed by atoms with E-state index in [1.807, 2.05) is 12.1 Å². The molecule has 4 rings (SSSR count). The van der Waals surface area contributed by atoms with E-state index in [2.05, 4.69) is 10.3 Å². The summed E-state index contributed by atoms with van der Waals surface area (Å²) >= 11 is 5.91. The number of benzene rings is 3. The number of pyridine rings is 1. The zero-order chi connectivity index (χ0) is 26.4. The van der Waals surface area contributed by atoms with E-state index < -0.39 is 17.9 Å². The smallest absolute Gasteiger partial charge is 0.336 e. The number of amides is 1. The van der Waals surface area contributed by atoms with Gasteiger partial charge in [0.25, 0.3) is 5.91 Å². The molecule has 9 heteroatoms. The molecule has 0 saturated heterocycles. The van der Waals surface area contributed by atoms with E-state index in [1.165, 1.54) is 13.2 Å². The number of phenolic OH excluding ortho intramolecular Hbond substituents is 1. The zero-order valence-electron chi connectivity index (χ0n) is 20.0. The fourth-order valence-corrected chi connectivity index (χ4v) is 3.99. The van der Waals surface area contributed by atoms with Gasteiger partial charge in [-0.05, 0) is 66.1 Å². The predicted molar refractivity (Wildman–Crippen MR) is 139 cm³/mol. The second kappa shape index (κ2) is 11.7. The van der Waals surface area contributed by atoms with Gasteiger partial charge in [0.1, 0.15) is 23.8 Å². The minimum absolute atomic E-state index is 0.0217. The predicted octanol–water partition coefficient (Wildman–Crippen LogP) is 4.86. The average Bonchev–Trinajstić information content (AvgIpc) is 2.89. The number of aromatic nitrogens is 1. The molecule has 0 fully saturated rings. The van der Waals surface area contributed by atoms with Crippen LogP contribution in [0, 0.1) is 0 Å². The molecular formula is C28H25ClN2O6. The van der Waals surface area contributed by atoms with E-state index in [0.29, 0.717) is 28.1 Å². The van der Waals surface area contributed by atoms with Crippen LogP contribution in [0.3, 0.4) is 0 Å². The highest BCUT2D eigenvalue weighted by molar-refractivity contribution is 6.30. The number of hydrogen-bond acceptors (Lipinski definition) is 6. The largest absolute Gasteiger partial charge is 0.508 e. The van der Waals surface area contributed by atoms with Crippen LogP contribution in [0.1, 0.15) is 32.0 Å². The number of hydrogen-bond donors (Lipinski definition) is 3. The molecule has 3 aromatic carbocycles. The van der Waals surface area contributed by atoms with Gasteiger partial charge in [-0.1, -0.05) is 35.9 Å².